The fraction of sp³-hybridized carbons (Fsp3) is 0.471. The average molecular weight is 351 g/mol. The zero-order valence-corrected chi connectivity index (χ0v) is 14.6. The second kappa shape index (κ2) is 11.9. The van der Waals surface area contributed by atoms with Crippen LogP contribution in [0, 0.1) is 0 Å². The number of unbranched alkanes of at least 4 members (excludes halogenated alkanes) is 1. The molecule has 0 aromatic heterocycles. The van der Waals surface area contributed by atoms with E-state index in [2.05, 4.69) is 10.5 Å². The predicted octanol–water partition coefficient (Wildman–Crippen LogP) is 2.00. The van der Waals surface area contributed by atoms with Crippen molar-refractivity contribution in [3.8, 4) is 11.5 Å². The lowest BCUT2D eigenvalue weighted by atomic mass is 10.2. The Balaban J connectivity index is 2.53. The summed E-state index contributed by atoms with van der Waals surface area (Å²) < 4.78 is 11.1. The minimum absolute atomic E-state index is 0.176. The third kappa shape index (κ3) is 7.67. The van der Waals surface area contributed by atoms with E-state index >= 15 is 0 Å². The molecule has 0 unspecified atom stereocenters. The van der Waals surface area contributed by atoms with Crippen LogP contribution in [0.3, 0.4) is 0 Å². The van der Waals surface area contributed by atoms with Crippen molar-refractivity contribution in [1.82, 2.24) is 10.9 Å². The number of amides is 2. The zero-order valence-electron chi connectivity index (χ0n) is 14.6. The van der Waals surface area contributed by atoms with Crippen LogP contribution in [0.15, 0.2) is 23.3 Å². The number of benzene rings is 1. The van der Waals surface area contributed by atoms with Crippen LogP contribution in [0.25, 0.3) is 0 Å². The van der Waals surface area contributed by atoms with Crippen LogP contribution in [-0.2, 0) is 9.59 Å². The average Bonchev–Trinajstić information content (AvgIpc) is 2.61. The molecule has 1 aromatic carbocycles. The Kier molecular flexibility index (Phi) is 9.69. The van der Waals surface area contributed by atoms with Crippen molar-refractivity contribution in [3.63, 3.8) is 0 Å². The van der Waals surface area contributed by atoms with E-state index in [1.807, 2.05) is 32.0 Å². The van der Waals surface area contributed by atoms with Gasteiger partial charge in [-0.1, -0.05) is 6.07 Å². The highest BCUT2D eigenvalue weighted by Gasteiger charge is 2.09. The Bertz CT molecular complexity index is 590. The molecule has 0 aliphatic rings. The Morgan fingerprint density at radius 2 is 1.80 bits per heavy atom. The molecule has 0 heterocycles. The highest BCUT2D eigenvalue weighted by atomic mass is 16.5. The van der Waals surface area contributed by atoms with Gasteiger partial charge in [-0.15, -0.1) is 0 Å². The van der Waals surface area contributed by atoms with Gasteiger partial charge in [-0.05, 0) is 38.8 Å². The summed E-state index contributed by atoms with van der Waals surface area (Å²) in [4.78, 5) is 22.5. The van der Waals surface area contributed by atoms with Gasteiger partial charge >= 0.3 is 0 Å². The van der Waals surface area contributed by atoms with E-state index < -0.39 is 5.91 Å². The lowest BCUT2D eigenvalue weighted by Gasteiger charge is -2.12. The third-order valence-electron chi connectivity index (χ3n) is 3.17. The topological polar surface area (TPSA) is 109 Å². The highest BCUT2D eigenvalue weighted by molar-refractivity contribution is 5.86. The molecule has 2 amide bonds. The molecule has 25 heavy (non-hydrogen) atoms. The number of hydrogen-bond donors (Lipinski definition) is 3. The van der Waals surface area contributed by atoms with Gasteiger partial charge in [0.2, 0.25) is 11.8 Å². The molecule has 138 valence electrons. The zero-order chi connectivity index (χ0) is 18.5. The predicted molar refractivity (Wildman–Crippen MR) is 92.9 cm³/mol. The van der Waals surface area contributed by atoms with Gasteiger partial charge < -0.3 is 9.47 Å². The van der Waals surface area contributed by atoms with Crippen LogP contribution in [0.2, 0.25) is 0 Å². The van der Waals surface area contributed by atoms with Crippen molar-refractivity contribution in [2.75, 3.05) is 13.2 Å². The van der Waals surface area contributed by atoms with E-state index in [4.69, 9.17) is 14.7 Å². The lowest BCUT2D eigenvalue weighted by molar-refractivity contribution is -0.129. The number of nitrogens with zero attached hydrogens (tertiary/aromatic N) is 1. The molecule has 0 fully saturated rings. The second-order valence-corrected chi connectivity index (χ2v) is 5.08. The van der Waals surface area contributed by atoms with E-state index in [1.165, 1.54) is 6.21 Å². The first kappa shape index (κ1) is 20.4. The summed E-state index contributed by atoms with van der Waals surface area (Å²) in [5.74, 6) is 0.497. The van der Waals surface area contributed by atoms with Crippen molar-refractivity contribution >= 4 is 18.0 Å². The molecule has 8 nitrogen and oxygen atoms in total. The molecule has 0 radical (unpaired) electrons. The SMILES string of the molecule is CCOc1cccc(/C=N/NC(=O)CCCCC(=O)NO)c1OCC. The maximum Gasteiger partial charge on any atom is 0.243 e. The summed E-state index contributed by atoms with van der Waals surface area (Å²) >= 11 is 0. The van der Waals surface area contributed by atoms with Gasteiger partial charge in [0.05, 0.1) is 19.4 Å². The van der Waals surface area contributed by atoms with Crippen LogP contribution in [0.5, 0.6) is 11.5 Å². The largest absolute Gasteiger partial charge is 0.490 e. The van der Waals surface area contributed by atoms with Crippen LogP contribution < -0.4 is 20.4 Å². The number of hydrogen-bond acceptors (Lipinski definition) is 6. The number of carbonyl (C=O) groups is 2. The molecule has 0 saturated carbocycles. The van der Waals surface area contributed by atoms with Gasteiger partial charge in [-0.25, -0.2) is 10.9 Å². The highest BCUT2D eigenvalue weighted by Crippen LogP contribution is 2.30. The summed E-state index contributed by atoms with van der Waals surface area (Å²) in [6, 6.07) is 5.45. The van der Waals surface area contributed by atoms with Gasteiger partial charge in [0.25, 0.3) is 0 Å². The molecule has 0 aliphatic heterocycles. The van der Waals surface area contributed by atoms with Crippen LogP contribution >= 0.6 is 0 Å². The van der Waals surface area contributed by atoms with Gasteiger partial charge in [0.1, 0.15) is 0 Å². The fourth-order valence-corrected chi connectivity index (χ4v) is 2.06. The maximum absolute atomic E-state index is 11.7. The van der Waals surface area contributed by atoms with Crippen LogP contribution in [-0.4, -0.2) is 36.4 Å². The molecular weight excluding hydrogens is 326 g/mol. The number of nitrogens with one attached hydrogen (secondary N) is 2. The van der Waals surface area contributed by atoms with E-state index in [-0.39, 0.29) is 18.7 Å². The molecule has 0 aliphatic carbocycles. The quantitative estimate of drug-likeness (QED) is 0.244. The smallest absolute Gasteiger partial charge is 0.243 e. The van der Waals surface area contributed by atoms with E-state index in [0.29, 0.717) is 43.1 Å². The molecule has 0 spiro atoms. The maximum atomic E-state index is 11.7. The van der Waals surface area contributed by atoms with E-state index in [0.717, 1.165) is 0 Å². The lowest BCUT2D eigenvalue weighted by Crippen LogP contribution is -2.19. The fourth-order valence-electron chi connectivity index (χ4n) is 2.06. The van der Waals surface area contributed by atoms with Crippen molar-refractivity contribution in [2.45, 2.75) is 39.5 Å². The minimum atomic E-state index is -0.462. The van der Waals surface area contributed by atoms with E-state index in [1.54, 1.807) is 5.48 Å². The van der Waals surface area contributed by atoms with Crippen LogP contribution in [0.1, 0.15) is 45.1 Å². The Hall–Kier alpha value is -2.61. The first-order valence-electron chi connectivity index (χ1n) is 8.25. The van der Waals surface area contributed by atoms with Crippen molar-refractivity contribution in [1.29, 1.82) is 0 Å². The number of rotatable bonds is 11. The van der Waals surface area contributed by atoms with Crippen molar-refractivity contribution in [3.05, 3.63) is 23.8 Å². The number of para-hydroxylation sites is 1. The molecule has 0 atom stereocenters. The van der Waals surface area contributed by atoms with E-state index in [9.17, 15) is 9.59 Å². The molecule has 0 saturated heterocycles. The summed E-state index contributed by atoms with van der Waals surface area (Å²) in [6.45, 7) is 4.77. The van der Waals surface area contributed by atoms with Gasteiger partial charge in [0, 0.05) is 18.4 Å². The molecule has 0 bridgehead atoms. The van der Waals surface area contributed by atoms with Gasteiger partial charge in [-0.2, -0.15) is 5.10 Å². The van der Waals surface area contributed by atoms with Gasteiger partial charge in [-0.3, -0.25) is 14.8 Å². The Labute approximate surface area is 147 Å². The minimum Gasteiger partial charge on any atom is -0.490 e. The molecule has 1 rings (SSSR count). The number of hydrazone groups is 1. The number of carbonyl (C=O) groups excluding carboxylic acids is 2. The standard InChI is InChI=1S/C17H25N3O5/c1-3-24-14-9-7-8-13(17(14)25-4-2)12-18-19-15(21)10-5-6-11-16(22)20-23/h7-9,12,23H,3-6,10-11H2,1-2H3,(H,19,21)(H,20,22)/b18-12+. The van der Waals surface area contributed by atoms with Crippen molar-refractivity contribution in [2.24, 2.45) is 5.10 Å². The monoisotopic (exact) mass is 351 g/mol. The summed E-state index contributed by atoms with van der Waals surface area (Å²) in [5.41, 5.74) is 4.69. The molecule has 8 heteroatoms. The Morgan fingerprint density at radius 3 is 2.44 bits per heavy atom. The molecule has 1 aromatic rings. The molecular formula is C17H25N3O5. The first-order valence-corrected chi connectivity index (χ1v) is 8.25. The summed E-state index contributed by atoms with van der Waals surface area (Å²) in [6.07, 6.45) is 2.96. The Morgan fingerprint density at radius 1 is 1.12 bits per heavy atom. The number of hydroxylamine groups is 1. The normalized spacial score (nSPS) is 10.5. The van der Waals surface area contributed by atoms with Gasteiger partial charge in [0.15, 0.2) is 11.5 Å². The first-order chi connectivity index (χ1) is 12.1. The van der Waals surface area contributed by atoms with Crippen LogP contribution in [0.4, 0.5) is 0 Å². The summed E-state index contributed by atoms with van der Waals surface area (Å²) in [5, 5.41) is 12.3. The summed E-state index contributed by atoms with van der Waals surface area (Å²) in [7, 11) is 0. The third-order valence-corrected chi connectivity index (χ3v) is 3.17. The molecule has 3 N–H and O–H groups in total. The van der Waals surface area contributed by atoms with Crippen molar-refractivity contribution < 1.29 is 24.3 Å². The second-order valence-electron chi connectivity index (χ2n) is 5.08. The number of ether oxygens (including phenoxy) is 2.